The number of carbonyl (C=O) groups excluding carboxylic acids is 1. The zero-order valence-corrected chi connectivity index (χ0v) is 16.4. The van der Waals surface area contributed by atoms with Gasteiger partial charge < -0.3 is 10.1 Å². The van der Waals surface area contributed by atoms with Crippen LogP contribution in [0.25, 0.3) is 0 Å². The molecule has 1 atom stereocenters. The Labute approximate surface area is 163 Å². The third kappa shape index (κ3) is 4.22. The molecule has 1 saturated carbocycles. The van der Waals surface area contributed by atoms with Gasteiger partial charge in [-0.1, -0.05) is 25.0 Å². The molecule has 2 heterocycles. The summed E-state index contributed by atoms with van der Waals surface area (Å²) in [5.41, 5.74) is 1.74. The van der Waals surface area contributed by atoms with Crippen LogP contribution in [0.5, 0.6) is 0 Å². The van der Waals surface area contributed by atoms with Crippen molar-refractivity contribution in [3.8, 4) is 0 Å². The van der Waals surface area contributed by atoms with Crippen LogP contribution < -0.4 is 5.32 Å². The first-order valence-electron chi connectivity index (χ1n) is 9.69. The van der Waals surface area contributed by atoms with E-state index in [1.54, 1.807) is 12.1 Å². The second-order valence-corrected chi connectivity index (χ2v) is 8.81. The van der Waals surface area contributed by atoms with Crippen LogP contribution >= 0.6 is 11.3 Å². The summed E-state index contributed by atoms with van der Waals surface area (Å²) in [6.07, 6.45) is 7.07. The summed E-state index contributed by atoms with van der Waals surface area (Å²) in [7, 11) is 0. The molecule has 4 rings (SSSR count). The highest BCUT2D eigenvalue weighted by atomic mass is 32.1. The SMILES string of the molecule is Cc1nc(Cc2ccc(F)cc2)sc1C(=O)NC1CCOC2(CCCC2)C1. The Balaban J connectivity index is 1.41. The van der Waals surface area contributed by atoms with Crippen LogP contribution in [-0.4, -0.2) is 29.1 Å². The molecule has 27 heavy (non-hydrogen) atoms. The molecule has 1 aliphatic carbocycles. The van der Waals surface area contributed by atoms with E-state index in [-0.39, 0.29) is 23.4 Å². The van der Waals surface area contributed by atoms with Crippen molar-refractivity contribution in [1.29, 1.82) is 0 Å². The van der Waals surface area contributed by atoms with Crippen LogP contribution in [-0.2, 0) is 11.2 Å². The van der Waals surface area contributed by atoms with Gasteiger partial charge in [0.05, 0.1) is 16.3 Å². The molecule has 1 unspecified atom stereocenters. The molecule has 6 heteroatoms. The minimum absolute atomic E-state index is 0.00726. The highest BCUT2D eigenvalue weighted by Gasteiger charge is 2.40. The first-order chi connectivity index (χ1) is 13.0. The molecular formula is C21H25FN2O2S. The summed E-state index contributed by atoms with van der Waals surface area (Å²) in [4.78, 5) is 18.0. The second-order valence-electron chi connectivity index (χ2n) is 7.73. The summed E-state index contributed by atoms with van der Waals surface area (Å²) >= 11 is 1.43. The molecule has 4 nitrogen and oxygen atoms in total. The molecule has 0 radical (unpaired) electrons. The third-order valence-electron chi connectivity index (χ3n) is 5.66. The first kappa shape index (κ1) is 18.6. The largest absolute Gasteiger partial charge is 0.375 e. The first-order valence-corrected chi connectivity index (χ1v) is 10.5. The number of aryl methyl sites for hydroxylation is 1. The molecule has 1 amide bonds. The highest BCUT2D eigenvalue weighted by molar-refractivity contribution is 7.13. The molecule has 1 spiro atoms. The van der Waals surface area contributed by atoms with E-state index in [4.69, 9.17) is 4.74 Å². The van der Waals surface area contributed by atoms with Crippen LogP contribution in [0.1, 0.15) is 64.5 Å². The van der Waals surface area contributed by atoms with Gasteiger partial charge in [0.1, 0.15) is 10.7 Å². The van der Waals surface area contributed by atoms with E-state index in [1.165, 1.54) is 36.3 Å². The molecule has 1 aliphatic heterocycles. The zero-order valence-electron chi connectivity index (χ0n) is 15.6. The van der Waals surface area contributed by atoms with Crippen LogP contribution in [0, 0.1) is 12.7 Å². The maximum Gasteiger partial charge on any atom is 0.263 e. The number of thiazole rings is 1. The lowest BCUT2D eigenvalue weighted by Gasteiger charge is -2.38. The number of halogens is 1. The maximum absolute atomic E-state index is 13.1. The fourth-order valence-electron chi connectivity index (χ4n) is 4.29. The summed E-state index contributed by atoms with van der Waals surface area (Å²) in [6.45, 7) is 2.60. The van der Waals surface area contributed by atoms with E-state index in [2.05, 4.69) is 10.3 Å². The van der Waals surface area contributed by atoms with Crippen molar-refractivity contribution in [3.05, 3.63) is 51.2 Å². The van der Waals surface area contributed by atoms with Crippen molar-refractivity contribution >= 4 is 17.2 Å². The lowest BCUT2D eigenvalue weighted by molar-refractivity contribution is -0.0823. The predicted molar refractivity (Wildman–Crippen MR) is 104 cm³/mol. The van der Waals surface area contributed by atoms with Crippen molar-refractivity contribution in [2.75, 3.05) is 6.61 Å². The van der Waals surface area contributed by atoms with Crippen molar-refractivity contribution in [2.24, 2.45) is 0 Å². The van der Waals surface area contributed by atoms with Crippen molar-refractivity contribution in [1.82, 2.24) is 10.3 Å². The Kier molecular flexibility index (Phi) is 5.28. The summed E-state index contributed by atoms with van der Waals surface area (Å²) < 4.78 is 19.1. The summed E-state index contributed by atoms with van der Waals surface area (Å²) in [6, 6.07) is 6.59. The van der Waals surface area contributed by atoms with E-state index < -0.39 is 0 Å². The van der Waals surface area contributed by atoms with E-state index in [9.17, 15) is 9.18 Å². The van der Waals surface area contributed by atoms with E-state index in [0.717, 1.165) is 48.6 Å². The Morgan fingerprint density at radius 2 is 2.07 bits per heavy atom. The quantitative estimate of drug-likeness (QED) is 0.844. The second kappa shape index (κ2) is 7.68. The van der Waals surface area contributed by atoms with Crippen LogP contribution in [0.15, 0.2) is 24.3 Å². The zero-order chi connectivity index (χ0) is 18.9. The van der Waals surface area contributed by atoms with E-state index >= 15 is 0 Å². The van der Waals surface area contributed by atoms with Gasteiger partial charge in [0.25, 0.3) is 5.91 Å². The van der Waals surface area contributed by atoms with Gasteiger partial charge in [-0.2, -0.15) is 0 Å². The standard InChI is InChI=1S/C21H25FN2O2S/c1-14-19(27-18(23-14)12-15-4-6-16(22)7-5-15)20(25)24-17-8-11-26-21(13-17)9-2-3-10-21/h4-7,17H,2-3,8-13H2,1H3,(H,24,25). The minimum Gasteiger partial charge on any atom is -0.375 e. The van der Waals surface area contributed by atoms with Crippen LogP contribution in [0.4, 0.5) is 4.39 Å². The predicted octanol–water partition coefficient (Wildman–Crippen LogP) is 4.40. The average Bonchev–Trinajstić information content (AvgIpc) is 3.24. The van der Waals surface area contributed by atoms with Gasteiger partial charge >= 0.3 is 0 Å². The van der Waals surface area contributed by atoms with E-state index in [0.29, 0.717) is 11.3 Å². The summed E-state index contributed by atoms with van der Waals surface area (Å²) in [5, 5.41) is 4.09. The molecule has 1 N–H and O–H groups in total. The van der Waals surface area contributed by atoms with Crippen molar-refractivity contribution in [2.45, 2.75) is 63.5 Å². The number of benzene rings is 1. The topological polar surface area (TPSA) is 51.2 Å². The lowest BCUT2D eigenvalue weighted by atomic mass is 9.89. The maximum atomic E-state index is 13.1. The molecule has 2 fully saturated rings. The fraction of sp³-hybridized carbons (Fsp3) is 0.524. The Morgan fingerprint density at radius 1 is 1.33 bits per heavy atom. The number of carbonyl (C=O) groups is 1. The monoisotopic (exact) mass is 388 g/mol. The Hall–Kier alpha value is -1.79. The Bertz CT molecular complexity index is 812. The number of hydrogen-bond acceptors (Lipinski definition) is 4. The number of hydrogen-bond donors (Lipinski definition) is 1. The molecule has 2 aromatic rings. The van der Waals surface area contributed by atoms with Gasteiger partial charge in [0.15, 0.2) is 0 Å². The smallest absolute Gasteiger partial charge is 0.263 e. The lowest BCUT2D eigenvalue weighted by Crippen LogP contribution is -2.47. The fourth-order valence-corrected chi connectivity index (χ4v) is 5.29. The number of rotatable bonds is 4. The van der Waals surface area contributed by atoms with Gasteiger partial charge in [0, 0.05) is 19.1 Å². The normalized spacial score (nSPS) is 21.5. The summed E-state index contributed by atoms with van der Waals surface area (Å²) in [5.74, 6) is -0.277. The molecule has 1 aromatic carbocycles. The number of ether oxygens (including phenoxy) is 1. The Morgan fingerprint density at radius 3 is 2.81 bits per heavy atom. The van der Waals surface area contributed by atoms with Gasteiger partial charge in [-0.3, -0.25) is 4.79 Å². The van der Waals surface area contributed by atoms with Gasteiger partial charge in [0.2, 0.25) is 0 Å². The van der Waals surface area contributed by atoms with Crippen molar-refractivity contribution in [3.63, 3.8) is 0 Å². The highest BCUT2D eigenvalue weighted by Crippen LogP contribution is 2.40. The molecule has 144 valence electrons. The van der Waals surface area contributed by atoms with Gasteiger partial charge in [-0.05, 0) is 50.3 Å². The molecule has 1 aromatic heterocycles. The minimum atomic E-state index is -0.245. The number of amides is 1. The third-order valence-corrected chi connectivity index (χ3v) is 6.81. The molecule has 1 saturated heterocycles. The number of nitrogens with one attached hydrogen (secondary N) is 1. The van der Waals surface area contributed by atoms with Crippen LogP contribution in [0.2, 0.25) is 0 Å². The van der Waals surface area contributed by atoms with Crippen molar-refractivity contribution < 1.29 is 13.9 Å². The number of aromatic nitrogens is 1. The van der Waals surface area contributed by atoms with Gasteiger partial charge in [-0.25, -0.2) is 9.37 Å². The average molecular weight is 389 g/mol. The van der Waals surface area contributed by atoms with Gasteiger partial charge in [-0.15, -0.1) is 11.3 Å². The number of nitrogens with zero attached hydrogens (tertiary/aromatic N) is 1. The molecule has 2 aliphatic rings. The van der Waals surface area contributed by atoms with E-state index in [1.807, 2.05) is 6.92 Å². The molecular weight excluding hydrogens is 363 g/mol. The van der Waals surface area contributed by atoms with Crippen LogP contribution in [0.3, 0.4) is 0 Å². The molecule has 0 bridgehead atoms.